The van der Waals surface area contributed by atoms with Gasteiger partial charge in [-0.2, -0.15) is 0 Å². The SMILES string of the molecule is CCCCCCC(=O)Oc1ccc(Cl)cc1. The molecular formula is C13H17ClO2. The second-order valence-electron chi connectivity index (χ2n) is 3.74. The van der Waals surface area contributed by atoms with E-state index in [-0.39, 0.29) is 5.97 Å². The predicted octanol–water partition coefficient (Wildman–Crippen LogP) is 4.22. The van der Waals surface area contributed by atoms with Gasteiger partial charge in [0.25, 0.3) is 0 Å². The summed E-state index contributed by atoms with van der Waals surface area (Å²) in [5, 5.41) is 0.641. The highest BCUT2D eigenvalue weighted by Gasteiger charge is 2.04. The Morgan fingerprint density at radius 1 is 1.19 bits per heavy atom. The predicted molar refractivity (Wildman–Crippen MR) is 65.8 cm³/mol. The van der Waals surface area contributed by atoms with Gasteiger partial charge in [-0.3, -0.25) is 4.79 Å². The van der Waals surface area contributed by atoms with Gasteiger partial charge in [0.15, 0.2) is 0 Å². The first-order chi connectivity index (χ1) is 7.72. The van der Waals surface area contributed by atoms with Crippen LogP contribution in [0.4, 0.5) is 0 Å². The van der Waals surface area contributed by atoms with Crippen molar-refractivity contribution < 1.29 is 9.53 Å². The lowest BCUT2D eigenvalue weighted by Crippen LogP contribution is -2.07. The standard InChI is InChI=1S/C13H17ClO2/c1-2-3-4-5-6-13(15)16-12-9-7-11(14)8-10-12/h7-10H,2-6H2,1H3. The summed E-state index contributed by atoms with van der Waals surface area (Å²) in [4.78, 5) is 11.4. The Labute approximate surface area is 102 Å². The zero-order valence-corrected chi connectivity index (χ0v) is 10.3. The van der Waals surface area contributed by atoms with Crippen LogP contribution in [0.5, 0.6) is 5.75 Å². The normalized spacial score (nSPS) is 10.1. The molecule has 2 nitrogen and oxygen atoms in total. The molecule has 0 amide bonds. The van der Waals surface area contributed by atoms with Crippen molar-refractivity contribution in [3.63, 3.8) is 0 Å². The molecule has 0 saturated heterocycles. The molecule has 0 spiro atoms. The van der Waals surface area contributed by atoms with E-state index in [1.807, 2.05) is 0 Å². The second kappa shape index (κ2) is 7.29. The number of carbonyl (C=O) groups excluding carboxylic acids is 1. The fourth-order valence-electron chi connectivity index (χ4n) is 1.38. The van der Waals surface area contributed by atoms with E-state index >= 15 is 0 Å². The summed E-state index contributed by atoms with van der Waals surface area (Å²) in [6.45, 7) is 2.14. The third-order valence-electron chi connectivity index (χ3n) is 2.28. The topological polar surface area (TPSA) is 26.3 Å². The molecule has 0 bridgehead atoms. The molecule has 1 aromatic rings. The Morgan fingerprint density at radius 3 is 2.50 bits per heavy atom. The van der Waals surface area contributed by atoms with Crippen LogP contribution in [0.25, 0.3) is 0 Å². The molecule has 1 rings (SSSR count). The Morgan fingerprint density at radius 2 is 1.88 bits per heavy atom. The van der Waals surface area contributed by atoms with E-state index in [1.165, 1.54) is 12.8 Å². The molecule has 1 aromatic carbocycles. The summed E-state index contributed by atoms with van der Waals surface area (Å²) >= 11 is 5.73. The highest BCUT2D eigenvalue weighted by molar-refractivity contribution is 6.30. The molecule has 0 unspecified atom stereocenters. The summed E-state index contributed by atoms with van der Waals surface area (Å²) in [6, 6.07) is 6.82. The number of esters is 1. The second-order valence-corrected chi connectivity index (χ2v) is 4.18. The first-order valence-electron chi connectivity index (χ1n) is 5.68. The number of hydrogen-bond acceptors (Lipinski definition) is 2. The minimum Gasteiger partial charge on any atom is -0.427 e. The van der Waals surface area contributed by atoms with Crippen LogP contribution >= 0.6 is 11.6 Å². The molecule has 0 radical (unpaired) electrons. The molecule has 0 aliphatic heterocycles. The maximum Gasteiger partial charge on any atom is 0.311 e. The Hall–Kier alpha value is -1.02. The van der Waals surface area contributed by atoms with Gasteiger partial charge in [0.2, 0.25) is 0 Å². The van der Waals surface area contributed by atoms with Gasteiger partial charge in [-0.25, -0.2) is 0 Å². The molecule has 0 aliphatic carbocycles. The molecule has 0 aliphatic rings. The minimum absolute atomic E-state index is 0.168. The van der Waals surface area contributed by atoms with E-state index < -0.39 is 0 Å². The average molecular weight is 241 g/mol. The molecule has 16 heavy (non-hydrogen) atoms. The lowest BCUT2D eigenvalue weighted by Gasteiger charge is -2.03. The number of unbranched alkanes of at least 4 members (excludes halogenated alkanes) is 3. The third kappa shape index (κ3) is 5.17. The van der Waals surface area contributed by atoms with Crippen molar-refractivity contribution in [3.8, 4) is 5.75 Å². The van der Waals surface area contributed by atoms with E-state index in [0.717, 1.165) is 12.8 Å². The first kappa shape index (κ1) is 13.0. The van der Waals surface area contributed by atoms with E-state index in [1.54, 1.807) is 24.3 Å². The zero-order chi connectivity index (χ0) is 11.8. The van der Waals surface area contributed by atoms with Gasteiger partial charge in [-0.1, -0.05) is 37.8 Å². The van der Waals surface area contributed by atoms with Crippen molar-refractivity contribution in [2.45, 2.75) is 39.0 Å². The fourth-order valence-corrected chi connectivity index (χ4v) is 1.51. The quantitative estimate of drug-likeness (QED) is 0.423. The molecule has 3 heteroatoms. The Kier molecular flexibility index (Phi) is 5.94. The number of hydrogen-bond donors (Lipinski definition) is 0. The Bertz CT molecular complexity index is 319. The molecule has 88 valence electrons. The van der Waals surface area contributed by atoms with E-state index in [2.05, 4.69) is 6.92 Å². The highest BCUT2D eigenvalue weighted by atomic mass is 35.5. The summed E-state index contributed by atoms with van der Waals surface area (Å²) in [6.07, 6.45) is 4.83. The molecule has 0 heterocycles. The van der Waals surface area contributed by atoms with Crippen LogP contribution in [-0.2, 0) is 4.79 Å². The molecule has 0 saturated carbocycles. The van der Waals surface area contributed by atoms with Gasteiger partial charge < -0.3 is 4.74 Å². The van der Waals surface area contributed by atoms with E-state index in [0.29, 0.717) is 17.2 Å². The highest BCUT2D eigenvalue weighted by Crippen LogP contribution is 2.16. The van der Waals surface area contributed by atoms with Gasteiger partial charge in [0.1, 0.15) is 5.75 Å². The van der Waals surface area contributed by atoms with Gasteiger partial charge in [-0.05, 0) is 30.7 Å². The van der Waals surface area contributed by atoms with Crippen LogP contribution in [0, 0.1) is 0 Å². The first-order valence-corrected chi connectivity index (χ1v) is 6.06. The van der Waals surface area contributed by atoms with Crippen molar-refractivity contribution in [2.24, 2.45) is 0 Å². The number of rotatable bonds is 6. The summed E-state index contributed by atoms with van der Waals surface area (Å²) in [5.41, 5.74) is 0. The van der Waals surface area contributed by atoms with Crippen LogP contribution in [0.15, 0.2) is 24.3 Å². The van der Waals surface area contributed by atoms with E-state index in [9.17, 15) is 4.79 Å². The largest absolute Gasteiger partial charge is 0.427 e. The van der Waals surface area contributed by atoms with Gasteiger partial charge in [0, 0.05) is 11.4 Å². The molecular weight excluding hydrogens is 224 g/mol. The van der Waals surface area contributed by atoms with Gasteiger partial charge >= 0.3 is 5.97 Å². The van der Waals surface area contributed by atoms with Crippen molar-refractivity contribution in [3.05, 3.63) is 29.3 Å². The number of ether oxygens (including phenoxy) is 1. The molecule has 0 atom stereocenters. The van der Waals surface area contributed by atoms with E-state index in [4.69, 9.17) is 16.3 Å². The molecule has 0 N–H and O–H groups in total. The lowest BCUT2D eigenvalue weighted by molar-refractivity contribution is -0.134. The summed E-state index contributed by atoms with van der Waals surface area (Å²) in [7, 11) is 0. The third-order valence-corrected chi connectivity index (χ3v) is 2.53. The smallest absolute Gasteiger partial charge is 0.311 e. The maximum absolute atomic E-state index is 11.4. The molecule has 0 fully saturated rings. The monoisotopic (exact) mass is 240 g/mol. The summed E-state index contributed by atoms with van der Waals surface area (Å²) < 4.78 is 5.15. The van der Waals surface area contributed by atoms with Gasteiger partial charge in [0.05, 0.1) is 0 Å². The van der Waals surface area contributed by atoms with Crippen LogP contribution < -0.4 is 4.74 Å². The Balaban J connectivity index is 2.26. The number of benzene rings is 1. The molecule has 0 aromatic heterocycles. The number of halogens is 1. The van der Waals surface area contributed by atoms with Gasteiger partial charge in [-0.15, -0.1) is 0 Å². The maximum atomic E-state index is 11.4. The van der Waals surface area contributed by atoms with Crippen LogP contribution in [0.2, 0.25) is 5.02 Å². The summed E-state index contributed by atoms with van der Waals surface area (Å²) in [5.74, 6) is 0.392. The zero-order valence-electron chi connectivity index (χ0n) is 9.54. The van der Waals surface area contributed by atoms with Crippen LogP contribution in [0.3, 0.4) is 0 Å². The van der Waals surface area contributed by atoms with Crippen LogP contribution in [-0.4, -0.2) is 5.97 Å². The average Bonchev–Trinajstić information content (AvgIpc) is 2.28. The van der Waals surface area contributed by atoms with Crippen molar-refractivity contribution >= 4 is 17.6 Å². The minimum atomic E-state index is -0.168. The number of carbonyl (C=O) groups is 1. The van der Waals surface area contributed by atoms with Crippen molar-refractivity contribution in [1.29, 1.82) is 0 Å². The lowest BCUT2D eigenvalue weighted by atomic mass is 10.1. The van der Waals surface area contributed by atoms with Crippen molar-refractivity contribution in [1.82, 2.24) is 0 Å². The van der Waals surface area contributed by atoms with Crippen LogP contribution in [0.1, 0.15) is 39.0 Å². The fraction of sp³-hybridized carbons (Fsp3) is 0.462. The van der Waals surface area contributed by atoms with Crippen molar-refractivity contribution in [2.75, 3.05) is 0 Å².